The second-order valence-electron chi connectivity index (χ2n) is 3.80. The van der Waals surface area contributed by atoms with Gasteiger partial charge < -0.3 is 15.0 Å². The average Bonchev–Trinajstić information content (AvgIpc) is 2.82. The fraction of sp³-hybridized carbons (Fsp3) is 0.636. The van der Waals surface area contributed by atoms with Crippen LogP contribution >= 0.6 is 11.8 Å². The van der Waals surface area contributed by atoms with Gasteiger partial charge in [-0.1, -0.05) is 11.8 Å². The van der Waals surface area contributed by atoms with Crippen molar-refractivity contribution in [2.24, 2.45) is 0 Å². The number of nitrogens with zero attached hydrogens (tertiary/aromatic N) is 1. The highest BCUT2D eigenvalue weighted by Crippen LogP contribution is 2.19. The van der Waals surface area contributed by atoms with Crippen molar-refractivity contribution < 1.29 is 9.53 Å². The number of hydrogen-bond acceptors (Lipinski definition) is 5. The summed E-state index contributed by atoms with van der Waals surface area (Å²) in [5.74, 6) is 0.589. The Hall–Kier alpha value is -1.01. The molecule has 0 fully saturated rings. The normalized spacial score (nSPS) is 14.3. The predicted molar refractivity (Wildman–Crippen MR) is 68.0 cm³/mol. The molecule has 1 heterocycles. The fourth-order valence-electron chi connectivity index (χ4n) is 1.30. The number of nitrogens with one attached hydrogen (secondary N) is 2. The van der Waals surface area contributed by atoms with Gasteiger partial charge in [0, 0.05) is 18.1 Å². The lowest BCUT2D eigenvalue weighted by Crippen LogP contribution is -2.49. The molecular formula is C11H19N3O2S. The molecule has 0 saturated heterocycles. The van der Waals surface area contributed by atoms with Gasteiger partial charge in [-0.05, 0) is 27.3 Å². The lowest BCUT2D eigenvalue weighted by Gasteiger charge is -2.26. The van der Waals surface area contributed by atoms with Gasteiger partial charge >= 0.3 is 5.97 Å². The molecule has 0 saturated carbocycles. The Morgan fingerprint density at radius 1 is 1.71 bits per heavy atom. The fourth-order valence-corrected chi connectivity index (χ4v) is 2.29. The summed E-state index contributed by atoms with van der Waals surface area (Å²) in [5.41, 5.74) is -0.629. The molecule has 0 spiro atoms. The highest BCUT2D eigenvalue weighted by Gasteiger charge is 2.32. The number of rotatable bonds is 7. The summed E-state index contributed by atoms with van der Waals surface area (Å²) >= 11 is 1.59. The first-order chi connectivity index (χ1) is 8.12. The molecule has 6 heteroatoms. The molecule has 5 nitrogen and oxygen atoms in total. The quantitative estimate of drug-likeness (QED) is 0.571. The molecule has 17 heavy (non-hydrogen) atoms. The van der Waals surface area contributed by atoms with Crippen LogP contribution in [0.2, 0.25) is 0 Å². The molecule has 0 aromatic carbocycles. The first-order valence-corrected chi connectivity index (χ1v) is 6.59. The van der Waals surface area contributed by atoms with E-state index in [4.69, 9.17) is 4.74 Å². The molecule has 0 amide bonds. The third-order valence-corrected chi connectivity index (χ3v) is 3.50. The van der Waals surface area contributed by atoms with Crippen LogP contribution in [-0.4, -0.2) is 40.9 Å². The second-order valence-corrected chi connectivity index (χ2v) is 4.88. The van der Waals surface area contributed by atoms with Crippen LogP contribution in [0.1, 0.15) is 20.3 Å². The average molecular weight is 257 g/mol. The smallest absolute Gasteiger partial charge is 0.326 e. The van der Waals surface area contributed by atoms with Gasteiger partial charge in [-0.25, -0.2) is 4.98 Å². The number of ether oxygens (including phenoxy) is 1. The number of likely N-dealkylation sites (N-methyl/N-ethyl adjacent to an activating group) is 1. The Morgan fingerprint density at radius 3 is 3.00 bits per heavy atom. The van der Waals surface area contributed by atoms with Gasteiger partial charge in [0.1, 0.15) is 5.54 Å². The van der Waals surface area contributed by atoms with Gasteiger partial charge in [-0.15, -0.1) is 0 Å². The molecule has 1 aromatic rings. The van der Waals surface area contributed by atoms with Crippen LogP contribution in [0.3, 0.4) is 0 Å². The number of H-pyrrole nitrogens is 1. The number of carbonyl (C=O) groups excluding carboxylic acids is 1. The van der Waals surface area contributed by atoms with E-state index in [1.807, 2.05) is 13.8 Å². The van der Waals surface area contributed by atoms with Crippen molar-refractivity contribution in [3.8, 4) is 0 Å². The van der Waals surface area contributed by atoms with E-state index < -0.39 is 5.54 Å². The second kappa shape index (κ2) is 6.66. The Labute approximate surface area is 106 Å². The summed E-state index contributed by atoms with van der Waals surface area (Å²) in [6, 6.07) is 0. The van der Waals surface area contributed by atoms with Crippen LogP contribution in [0.5, 0.6) is 0 Å². The molecule has 0 aliphatic carbocycles. The van der Waals surface area contributed by atoms with Crippen molar-refractivity contribution in [3.63, 3.8) is 0 Å². The number of thioether (sulfide) groups is 1. The Balaban J connectivity index is 2.43. The van der Waals surface area contributed by atoms with Crippen LogP contribution < -0.4 is 5.32 Å². The zero-order valence-electron chi connectivity index (χ0n) is 10.4. The van der Waals surface area contributed by atoms with E-state index in [0.29, 0.717) is 13.0 Å². The van der Waals surface area contributed by atoms with E-state index in [-0.39, 0.29) is 5.97 Å². The zero-order chi connectivity index (χ0) is 12.7. The minimum atomic E-state index is -0.629. The number of esters is 1. The standard InChI is InChI=1S/C11H19N3O2S/c1-4-16-9(15)11(2,12-3)5-8-17-10-13-6-7-14-10/h6-7,12H,4-5,8H2,1-3H3,(H,13,14). The molecule has 1 rings (SSSR count). The first kappa shape index (κ1) is 14.1. The first-order valence-electron chi connectivity index (χ1n) is 5.60. The van der Waals surface area contributed by atoms with Gasteiger partial charge in [0.25, 0.3) is 0 Å². The van der Waals surface area contributed by atoms with Crippen LogP contribution in [0.4, 0.5) is 0 Å². The van der Waals surface area contributed by atoms with E-state index in [2.05, 4.69) is 15.3 Å². The van der Waals surface area contributed by atoms with Crippen LogP contribution in [0, 0.1) is 0 Å². The molecule has 96 valence electrons. The van der Waals surface area contributed by atoms with Crippen molar-refractivity contribution in [1.82, 2.24) is 15.3 Å². The third-order valence-electron chi connectivity index (χ3n) is 2.59. The summed E-state index contributed by atoms with van der Waals surface area (Å²) < 4.78 is 5.05. The molecule has 0 radical (unpaired) electrons. The van der Waals surface area contributed by atoms with Crippen LogP contribution in [-0.2, 0) is 9.53 Å². The third kappa shape index (κ3) is 4.05. The van der Waals surface area contributed by atoms with E-state index in [0.717, 1.165) is 10.9 Å². The topological polar surface area (TPSA) is 67.0 Å². The number of aromatic amines is 1. The Bertz CT molecular complexity index is 342. The number of hydrogen-bond donors (Lipinski definition) is 2. The summed E-state index contributed by atoms with van der Waals surface area (Å²) in [4.78, 5) is 18.9. The highest BCUT2D eigenvalue weighted by atomic mass is 32.2. The predicted octanol–water partition coefficient (Wildman–Crippen LogP) is 1.43. The Morgan fingerprint density at radius 2 is 2.47 bits per heavy atom. The van der Waals surface area contributed by atoms with Crippen molar-refractivity contribution in [3.05, 3.63) is 12.4 Å². The molecule has 1 unspecified atom stereocenters. The maximum Gasteiger partial charge on any atom is 0.326 e. The number of aromatic nitrogens is 2. The zero-order valence-corrected chi connectivity index (χ0v) is 11.3. The van der Waals surface area contributed by atoms with E-state index in [9.17, 15) is 4.79 Å². The minimum Gasteiger partial charge on any atom is -0.465 e. The van der Waals surface area contributed by atoms with Crippen molar-refractivity contribution >= 4 is 17.7 Å². The maximum atomic E-state index is 11.8. The molecule has 2 N–H and O–H groups in total. The molecule has 0 aliphatic heterocycles. The Kier molecular flexibility index (Phi) is 5.50. The van der Waals surface area contributed by atoms with Gasteiger partial charge in [0.05, 0.1) is 6.61 Å². The highest BCUT2D eigenvalue weighted by molar-refractivity contribution is 7.99. The van der Waals surface area contributed by atoms with E-state index in [1.54, 1.807) is 31.2 Å². The van der Waals surface area contributed by atoms with Gasteiger partial charge in [0.2, 0.25) is 0 Å². The molecule has 1 aromatic heterocycles. The summed E-state index contributed by atoms with van der Waals surface area (Å²) in [6.07, 6.45) is 4.18. The van der Waals surface area contributed by atoms with E-state index >= 15 is 0 Å². The monoisotopic (exact) mass is 257 g/mol. The summed E-state index contributed by atoms with van der Waals surface area (Å²) in [5, 5.41) is 3.89. The SMILES string of the molecule is CCOC(=O)C(C)(CCSc1ncc[nH]1)NC. The van der Waals surface area contributed by atoms with Gasteiger partial charge in [-0.3, -0.25) is 4.79 Å². The van der Waals surface area contributed by atoms with Crippen molar-refractivity contribution in [2.75, 3.05) is 19.4 Å². The summed E-state index contributed by atoms with van der Waals surface area (Å²) in [6.45, 7) is 4.07. The van der Waals surface area contributed by atoms with E-state index in [1.165, 1.54) is 0 Å². The van der Waals surface area contributed by atoms with Crippen molar-refractivity contribution in [1.29, 1.82) is 0 Å². The molecular weight excluding hydrogens is 238 g/mol. The molecule has 0 aliphatic rings. The largest absolute Gasteiger partial charge is 0.465 e. The van der Waals surface area contributed by atoms with Gasteiger partial charge in [0.15, 0.2) is 5.16 Å². The van der Waals surface area contributed by atoms with Crippen LogP contribution in [0.15, 0.2) is 17.6 Å². The number of imidazole rings is 1. The summed E-state index contributed by atoms with van der Waals surface area (Å²) in [7, 11) is 1.77. The lowest BCUT2D eigenvalue weighted by atomic mass is 10.00. The molecule has 1 atom stereocenters. The lowest BCUT2D eigenvalue weighted by molar-refractivity contribution is -0.150. The number of carbonyl (C=O) groups is 1. The minimum absolute atomic E-state index is 0.206. The van der Waals surface area contributed by atoms with Gasteiger partial charge in [-0.2, -0.15) is 0 Å². The van der Waals surface area contributed by atoms with Crippen molar-refractivity contribution in [2.45, 2.75) is 31.0 Å². The molecule has 0 bridgehead atoms. The maximum absolute atomic E-state index is 11.8. The van der Waals surface area contributed by atoms with Crippen LogP contribution in [0.25, 0.3) is 0 Å².